The number of nitrogens with zero attached hydrogens (tertiary/aromatic N) is 1. The van der Waals surface area contributed by atoms with Crippen molar-refractivity contribution >= 4 is 27.3 Å². The van der Waals surface area contributed by atoms with Crippen LogP contribution in [0.3, 0.4) is 0 Å². The minimum absolute atomic E-state index is 0.129. The van der Waals surface area contributed by atoms with Crippen LogP contribution in [0.1, 0.15) is 18.6 Å². The Hall–Kier alpha value is -2.86. The zero-order valence-corrected chi connectivity index (χ0v) is 15.6. The molecule has 2 atom stereocenters. The molecule has 0 aliphatic carbocycles. The molecule has 10 nitrogen and oxygen atoms in total. The Labute approximate surface area is 161 Å². The summed E-state index contributed by atoms with van der Waals surface area (Å²) >= 11 is 0. The summed E-state index contributed by atoms with van der Waals surface area (Å²) in [6.07, 6.45) is -1.43. The summed E-state index contributed by atoms with van der Waals surface area (Å²) in [4.78, 5) is 21.0. The van der Waals surface area contributed by atoms with Crippen LogP contribution in [0.4, 0.5) is 11.4 Å². The number of benzene rings is 2. The minimum Gasteiger partial charge on any atom is -0.395 e. The molecule has 11 heteroatoms. The lowest BCUT2D eigenvalue weighted by molar-refractivity contribution is -0.384. The second-order valence-electron chi connectivity index (χ2n) is 5.91. The van der Waals surface area contributed by atoms with Crippen LogP contribution in [-0.2, 0) is 14.8 Å². The van der Waals surface area contributed by atoms with Gasteiger partial charge in [0, 0.05) is 24.7 Å². The van der Waals surface area contributed by atoms with Crippen molar-refractivity contribution in [2.75, 3.05) is 11.9 Å². The Bertz CT molecular complexity index is 944. The highest BCUT2D eigenvalue weighted by molar-refractivity contribution is 7.89. The molecule has 0 heterocycles. The SMILES string of the molecule is CC(=O)Nc1ccc(S(=O)(=O)N[C@@H](CO)[C@H](O)c2ccc([N+](=O)[O-])cc2)cc1. The van der Waals surface area contributed by atoms with Gasteiger partial charge in [-0.2, -0.15) is 0 Å². The number of rotatable bonds is 8. The van der Waals surface area contributed by atoms with E-state index in [1.165, 1.54) is 55.5 Å². The van der Waals surface area contributed by atoms with E-state index in [1.54, 1.807) is 0 Å². The van der Waals surface area contributed by atoms with Crippen LogP contribution in [0.5, 0.6) is 0 Å². The lowest BCUT2D eigenvalue weighted by atomic mass is 10.0. The highest BCUT2D eigenvalue weighted by Crippen LogP contribution is 2.22. The predicted octanol–water partition coefficient (Wildman–Crippen LogP) is 0.926. The van der Waals surface area contributed by atoms with Crippen LogP contribution in [0.25, 0.3) is 0 Å². The van der Waals surface area contributed by atoms with Gasteiger partial charge in [0.25, 0.3) is 5.69 Å². The molecular weight excluding hydrogens is 390 g/mol. The molecule has 0 aromatic heterocycles. The molecule has 0 fully saturated rings. The van der Waals surface area contributed by atoms with Crippen LogP contribution in [0.2, 0.25) is 0 Å². The largest absolute Gasteiger partial charge is 0.395 e. The van der Waals surface area contributed by atoms with Gasteiger partial charge in [-0.1, -0.05) is 0 Å². The van der Waals surface area contributed by atoms with E-state index in [-0.39, 0.29) is 22.1 Å². The number of sulfonamides is 1. The maximum Gasteiger partial charge on any atom is 0.269 e. The molecule has 4 N–H and O–H groups in total. The fraction of sp³-hybridized carbons (Fsp3) is 0.235. The minimum atomic E-state index is -4.08. The molecule has 2 aromatic rings. The van der Waals surface area contributed by atoms with Crippen molar-refractivity contribution in [1.82, 2.24) is 4.72 Å². The Morgan fingerprint density at radius 1 is 1.14 bits per heavy atom. The maximum atomic E-state index is 12.5. The van der Waals surface area contributed by atoms with Gasteiger partial charge in [-0.25, -0.2) is 13.1 Å². The van der Waals surface area contributed by atoms with Crippen LogP contribution in [-0.4, -0.2) is 42.1 Å². The first-order valence-corrected chi connectivity index (χ1v) is 9.55. The summed E-state index contributed by atoms with van der Waals surface area (Å²) in [7, 11) is -4.08. The van der Waals surface area contributed by atoms with E-state index in [9.17, 15) is 33.5 Å². The molecule has 0 aliphatic rings. The summed E-state index contributed by atoms with van der Waals surface area (Å²) in [5.74, 6) is -0.305. The molecule has 0 saturated carbocycles. The first-order chi connectivity index (χ1) is 13.1. The van der Waals surface area contributed by atoms with Gasteiger partial charge >= 0.3 is 0 Å². The average Bonchev–Trinajstić information content (AvgIpc) is 2.65. The fourth-order valence-electron chi connectivity index (χ4n) is 2.42. The Kier molecular flexibility index (Phi) is 6.80. The van der Waals surface area contributed by atoms with E-state index in [0.29, 0.717) is 5.69 Å². The number of amides is 1. The second kappa shape index (κ2) is 8.89. The van der Waals surface area contributed by atoms with Crippen molar-refractivity contribution in [2.45, 2.75) is 24.0 Å². The summed E-state index contributed by atoms with van der Waals surface area (Å²) in [6, 6.07) is 8.95. The number of non-ortho nitro benzene ring substituents is 1. The van der Waals surface area contributed by atoms with Gasteiger partial charge in [-0.15, -0.1) is 0 Å². The average molecular weight is 409 g/mol. The number of nitro groups is 1. The first-order valence-electron chi connectivity index (χ1n) is 8.07. The number of hydrogen-bond donors (Lipinski definition) is 4. The van der Waals surface area contributed by atoms with E-state index in [1.807, 2.05) is 0 Å². The zero-order chi connectivity index (χ0) is 20.9. The third kappa shape index (κ3) is 5.33. The monoisotopic (exact) mass is 409 g/mol. The molecule has 2 aromatic carbocycles. The Morgan fingerprint density at radius 3 is 2.18 bits per heavy atom. The molecule has 1 amide bonds. The van der Waals surface area contributed by atoms with Crippen molar-refractivity contribution in [3.8, 4) is 0 Å². The molecule has 0 aliphatic heterocycles. The first kappa shape index (κ1) is 21.4. The summed E-state index contributed by atoms with van der Waals surface area (Å²) in [5.41, 5.74) is 0.431. The number of anilines is 1. The normalized spacial score (nSPS) is 13.5. The predicted molar refractivity (Wildman–Crippen MR) is 100.0 cm³/mol. The lowest BCUT2D eigenvalue weighted by Crippen LogP contribution is -2.41. The molecule has 0 radical (unpaired) electrons. The molecule has 2 rings (SSSR count). The topological polar surface area (TPSA) is 159 Å². The van der Waals surface area contributed by atoms with Crippen molar-refractivity contribution in [3.05, 3.63) is 64.2 Å². The van der Waals surface area contributed by atoms with Gasteiger partial charge in [0.05, 0.1) is 28.6 Å². The Balaban J connectivity index is 2.17. The van der Waals surface area contributed by atoms with Gasteiger partial charge in [0.1, 0.15) is 0 Å². The Morgan fingerprint density at radius 2 is 1.71 bits per heavy atom. The van der Waals surface area contributed by atoms with E-state index < -0.39 is 33.7 Å². The van der Waals surface area contributed by atoms with Crippen molar-refractivity contribution in [2.24, 2.45) is 0 Å². The van der Waals surface area contributed by atoms with Gasteiger partial charge in [-0.05, 0) is 42.0 Å². The molecule has 0 spiro atoms. The maximum absolute atomic E-state index is 12.5. The number of nitrogens with one attached hydrogen (secondary N) is 2. The van der Waals surface area contributed by atoms with E-state index >= 15 is 0 Å². The van der Waals surface area contributed by atoms with Crippen LogP contribution in [0, 0.1) is 10.1 Å². The quantitative estimate of drug-likeness (QED) is 0.373. The summed E-state index contributed by atoms with van der Waals surface area (Å²) in [5, 5.41) is 33.1. The number of nitro benzene ring substituents is 1. The third-order valence-electron chi connectivity index (χ3n) is 3.81. The highest BCUT2D eigenvalue weighted by Gasteiger charge is 2.27. The van der Waals surface area contributed by atoms with Gasteiger partial charge in [-0.3, -0.25) is 14.9 Å². The van der Waals surface area contributed by atoms with Gasteiger partial charge in [0.2, 0.25) is 15.9 Å². The van der Waals surface area contributed by atoms with Crippen LogP contribution in [0.15, 0.2) is 53.4 Å². The van der Waals surface area contributed by atoms with E-state index in [4.69, 9.17) is 0 Å². The molecular formula is C17H19N3O7S. The number of hydrogen-bond acceptors (Lipinski definition) is 7. The third-order valence-corrected chi connectivity index (χ3v) is 5.32. The molecule has 28 heavy (non-hydrogen) atoms. The smallest absolute Gasteiger partial charge is 0.269 e. The van der Waals surface area contributed by atoms with E-state index in [0.717, 1.165) is 0 Å². The number of aliphatic hydroxyl groups excluding tert-OH is 2. The lowest BCUT2D eigenvalue weighted by Gasteiger charge is -2.22. The van der Waals surface area contributed by atoms with Crippen molar-refractivity contribution < 1.29 is 28.3 Å². The van der Waals surface area contributed by atoms with Gasteiger partial charge < -0.3 is 15.5 Å². The number of carbonyl (C=O) groups is 1. The fourth-order valence-corrected chi connectivity index (χ4v) is 3.65. The second-order valence-corrected chi connectivity index (χ2v) is 7.62. The van der Waals surface area contributed by atoms with Crippen molar-refractivity contribution in [1.29, 1.82) is 0 Å². The molecule has 150 valence electrons. The standard InChI is InChI=1S/C17H19N3O7S/c1-11(22)18-13-4-8-15(9-5-13)28(26,27)19-16(10-21)17(23)12-2-6-14(7-3-12)20(24)25/h2-9,16-17,19,21,23H,10H2,1H3,(H,18,22)/t16-,17+/m0/s1. The highest BCUT2D eigenvalue weighted by atomic mass is 32.2. The zero-order valence-electron chi connectivity index (χ0n) is 14.8. The number of aliphatic hydroxyl groups is 2. The van der Waals surface area contributed by atoms with Crippen molar-refractivity contribution in [3.63, 3.8) is 0 Å². The number of carbonyl (C=O) groups excluding carboxylic acids is 1. The molecule has 0 bridgehead atoms. The van der Waals surface area contributed by atoms with Gasteiger partial charge in [0.15, 0.2) is 0 Å². The summed E-state index contributed by atoms with van der Waals surface area (Å²) in [6.45, 7) is 0.610. The van der Waals surface area contributed by atoms with E-state index in [2.05, 4.69) is 10.0 Å². The molecule has 0 unspecified atom stereocenters. The van der Waals surface area contributed by atoms with Crippen LogP contribution >= 0.6 is 0 Å². The van der Waals surface area contributed by atoms with Crippen LogP contribution < -0.4 is 10.0 Å². The molecule has 0 saturated heterocycles. The summed E-state index contributed by atoms with van der Waals surface area (Å²) < 4.78 is 27.2.